The normalized spacial score (nSPS) is 24.1. The fraction of sp³-hybridized carbons (Fsp3) is 0.346. The van der Waals surface area contributed by atoms with E-state index in [1.54, 1.807) is 30.3 Å². The van der Waals surface area contributed by atoms with E-state index in [-0.39, 0.29) is 18.7 Å². The Labute approximate surface area is 219 Å². The van der Waals surface area contributed by atoms with Crippen molar-refractivity contribution in [2.24, 2.45) is 5.16 Å². The summed E-state index contributed by atoms with van der Waals surface area (Å²) < 4.78 is 49.5. The van der Waals surface area contributed by atoms with Crippen molar-refractivity contribution in [1.82, 2.24) is 24.4 Å². The molecule has 6 rings (SSSR count). The van der Waals surface area contributed by atoms with Crippen molar-refractivity contribution in [3.05, 3.63) is 77.1 Å². The smallest absolute Gasteiger partial charge is 0.249 e. The molecule has 3 aliphatic heterocycles. The van der Waals surface area contributed by atoms with Gasteiger partial charge in [-0.3, -0.25) is 0 Å². The van der Waals surface area contributed by atoms with Gasteiger partial charge < -0.3 is 14.9 Å². The highest BCUT2D eigenvalue weighted by Gasteiger charge is 2.65. The van der Waals surface area contributed by atoms with Crippen LogP contribution in [0.4, 0.5) is 4.39 Å². The summed E-state index contributed by atoms with van der Waals surface area (Å²) in [4.78, 5) is 10.1. The third-order valence-corrected chi connectivity index (χ3v) is 9.93. The Morgan fingerprint density at radius 1 is 1.21 bits per heavy atom. The second-order valence-corrected chi connectivity index (χ2v) is 11.9. The van der Waals surface area contributed by atoms with Crippen LogP contribution in [-0.2, 0) is 20.6 Å². The van der Waals surface area contributed by atoms with Crippen molar-refractivity contribution in [2.45, 2.75) is 37.2 Å². The number of halogens is 1. The largest absolute Gasteiger partial charge is 0.494 e. The molecular formula is C26H27FN6O4S. The first kappa shape index (κ1) is 24.6. The van der Waals surface area contributed by atoms with Gasteiger partial charge in [-0.05, 0) is 42.8 Å². The number of benzene rings is 2. The van der Waals surface area contributed by atoms with Gasteiger partial charge in [-0.25, -0.2) is 26.8 Å². The van der Waals surface area contributed by atoms with Crippen molar-refractivity contribution >= 4 is 21.9 Å². The molecule has 1 unspecified atom stereocenters. The molecule has 1 N–H and O–H groups in total. The molecule has 198 valence electrons. The number of ether oxygens (including phenoxy) is 1. The van der Waals surface area contributed by atoms with E-state index in [1.807, 2.05) is 38.1 Å². The van der Waals surface area contributed by atoms with Crippen LogP contribution in [0, 0.1) is 12.7 Å². The van der Waals surface area contributed by atoms with Crippen LogP contribution in [0.2, 0.25) is 0 Å². The van der Waals surface area contributed by atoms with E-state index in [9.17, 15) is 12.8 Å². The Kier molecular flexibility index (Phi) is 5.58. The highest BCUT2D eigenvalue weighted by Crippen LogP contribution is 2.50. The quantitative estimate of drug-likeness (QED) is 0.532. The molecule has 1 aromatic heterocycles. The Morgan fingerprint density at radius 2 is 1.97 bits per heavy atom. The van der Waals surface area contributed by atoms with Crippen LogP contribution in [0.3, 0.4) is 0 Å². The van der Waals surface area contributed by atoms with Gasteiger partial charge in [0.2, 0.25) is 15.7 Å². The van der Waals surface area contributed by atoms with Crippen LogP contribution in [0.5, 0.6) is 5.75 Å². The number of amidine groups is 1. The molecule has 3 aliphatic rings. The van der Waals surface area contributed by atoms with Crippen LogP contribution in [0.1, 0.15) is 36.7 Å². The number of aromatic nitrogens is 3. The average Bonchev–Trinajstić information content (AvgIpc) is 3.50. The van der Waals surface area contributed by atoms with Gasteiger partial charge in [0, 0.05) is 37.1 Å². The molecule has 12 heteroatoms. The van der Waals surface area contributed by atoms with E-state index in [4.69, 9.17) is 9.57 Å². The first-order valence-electron chi connectivity index (χ1n) is 12.3. The van der Waals surface area contributed by atoms with E-state index in [2.05, 4.69) is 20.6 Å². The third-order valence-electron chi connectivity index (χ3n) is 7.46. The maximum atomic E-state index is 14.1. The number of oxime groups is 1. The predicted molar refractivity (Wildman–Crippen MR) is 138 cm³/mol. The lowest BCUT2D eigenvalue weighted by Crippen LogP contribution is -2.72. The van der Waals surface area contributed by atoms with Gasteiger partial charge in [-0.2, -0.15) is 5.10 Å². The Bertz CT molecular complexity index is 1580. The number of aryl methyl sites for hydroxylation is 1. The van der Waals surface area contributed by atoms with Gasteiger partial charge in [0.15, 0.2) is 5.84 Å². The lowest BCUT2D eigenvalue weighted by molar-refractivity contribution is -0.0808. The molecular weight excluding hydrogens is 511 g/mol. The van der Waals surface area contributed by atoms with Crippen molar-refractivity contribution in [1.29, 1.82) is 0 Å². The predicted octanol–water partition coefficient (Wildman–Crippen LogP) is 3.09. The van der Waals surface area contributed by atoms with E-state index < -0.39 is 26.3 Å². The number of fused-ring (bicyclic) bond motifs is 1. The number of nitrogens with zero attached hydrogens (tertiary/aromatic N) is 5. The first-order chi connectivity index (χ1) is 18.2. The summed E-state index contributed by atoms with van der Waals surface area (Å²) in [5, 5.41) is 11.8. The average molecular weight is 539 g/mol. The Morgan fingerprint density at radius 3 is 2.58 bits per heavy atom. The molecule has 1 spiro atoms. The first-order valence-corrected chi connectivity index (χ1v) is 13.7. The summed E-state index contributed by atoms with van der Waals surface area (Å²) in [6.45, 7) is 4.26. The SMILES string of the molecule is CCC1(c2ccc(F)cc2)ON=C2/C(=C/c3ccc(-n4cnc(C)n4)c(OC)c3)CC3(CNC3)S(=O)(=O)N21. The number of hydrogen-bond donors (Lipinski definition) is 1. The maximum absolute atomic E-state index is 14.1. The van der Waals surface area contributed by atoms with Gasteiger partial charge in [-0.1, -0.05) is 30.3 Å². The van der Waals surface area contributed by atoms with E-state index in [0.29, 0.717) is 30.2 Å². The molecule has 0 aliphatic carbocycles. The summed E-state index contributed by atoms with van der Waals surface area (Å²) in [6, 6.07) is 11.3. The summed E-state index contributed by atoms with van der Waals surface area (Å²) in [7, 11) is -2.30. The summed E-state index contributed by atoms with van der Waals surface area (Å²) in [5.41, 5.74) is 1.37. The zero-order valence-electron chi connectivity index (χ0n) is 21.2. The van der Waals surface area contributed by atoms with Gasteiger partial charge in [0.05, 0.1) is 7.11 Å². The highest BCUT2D eigenvalue weighted by atomic mass is 32.2. The van der Waals surface area contributed by atoms with Crippen LogP contribution >= 0.6 is 0 Å². The monoisotopic (exact) mass is 538 g/mol. The second kappa shape index (κ2) is 8.63. The third kappa shape index (κ3) is 3.47. The zero-order valence-corrected chi connectivity index (χ0v) is 22.0. The number of nitrogens with one attached hydrogen (secondary N) is 1. The number of methoxy groups -OCH3 is 1. The molecule has 0 amide bonds. The van der Waals surface area contributed by atoms with Crippen LogP contribution < -0.4 is 10.1 Å². The zero-order chi connectivity index (χ0) is 26.7. The molecule has 2 aromatic carbocycles. The molecule has 4 heterocycles. The van der Waals surface area contributed by atoms with Gasteiger partial charge in [0.25, 0.3) is 0 Å². The van der Waals surface area contributed by atoms with Gasteiger partial charge in [0.1, 0.15) is 34.2 Å². The van der Waals surface area contributed by atoms with Crippen LogP contribution in [0.25, 0.3) is 11.8 Å². The van der Waals surface area contributed by atoms with E-state index >= 15 is 0 Å². The molecule has 1 atom stereocenters. The summed E-state index contributed by atoms with van der Waals surface area (Å²) in [5.74, 6) is 1.05. The lowest BCUT2D eigenvalue weighted by Gasteiger charge is -2.50. The maximum Gasteiger partial charge on any atom is 0.249 e. The number of sulfonamides is 1. The fourth-order valence-corrected chi connectivity index (χ4v) is 7.66. The van der Waals surface area contributed by atoms with Crippen molar-refractivity contribution in [3.63, 3.8) is 0 Å². The lowest BCUT2D eigenvalue weighted by atomic mass is 9.90. The molecule has 10 nitrogen and oxygen atoms in total. The van der Waals surface area contributed by atoms with Crippen molar-refractivity contribution < 1.29 is 22.4 Å². The molecule has 3 aromatic rings. The minimum atomic E-state index is -3.88. The van der Waals surface area contributed by atoms with Crippen molar-refractivity contribution in [2.75, 3.05) is 20.2 Å². The molecule has 0 bridgehead atoms. The van der Waals surface area contributed by atoms with Crippen LogP contribution in [0.15, 0.2) is 59.5 Å². The molecule has 2 fully saturated rings. The standard InChI is InChI=1S/C26H27FN6O4S/c1-4-26(20-6-8-21(27)9-7-20)33-24(31-37-26)19(13-25(14-28-15-25)38(33,34)35)11-18-5-10-22(23(12-18)36-3)32-16-29-17(2)30-32/h5-12,16,28H,4,13-15H2,1-3H3/b19-11+. The second-order valence-electron chi connectivity index (χ2n) is 9.72. The van der Waals surface area contributed by atoms with Gasteiger partial charge in [-0.15, -0.1) is 0 Å². The Hall–Kier alpha value is -3.77. The molecule has 0 saturated carbocycles. The summed E-state index contributed by atoms with van der Waals surface area (Å²) in [6.07, 6.45) is 4.09. The minimum Gasteiger partial charge on any atom is -0.494 e. The van der Waals surface area contributed by atoms with Crippen molar-refractivity contribution in [3.8, 4) is 11.4 Å². The van der Waals surface area contributed by atoms with Gasteiger partial charge >= 0.3 is 0 Å². The topological polar surface area (TPSA) is 111 Å². The molecule has 2 saturated heterocycles. The highest BCUT2D eigenvalue weighted by molar-refractivity contribution is 7.91. The molecule has 38 heavy (non-hydrogen) atoms. The van der Waals surface area contributed by atoms with E-state index in [0.717, 1.165) is 16.8 Å². The van der Waals surface area contributed by atoms with Crippen LogP contribution in [-0.4, -0.2) is 58.3 Å². The number of hydrogen-bond acceptors (Lipinski definition) is 8. The Balaban J connectivity index is 1.46. The minimum absolute atomic E-state index is 0.239. The molecule has 0 radical (unpaired) electrons. The number of rotatable bonds is 5. The van der Waals surface area contributed by atoms with E-state index in [1.165, 1.54) is 16.4 Å². The summed E-state index contributed by atoms with van der Waals surface area (Å²) >= 11 is 0. The fourth-order valence-electron chi connectivity index (χ4n) is 5.33.